The van der Waals surface area contributed by atoms with Gasteiger partial charge in [0.05, 0.1) is 17.1 Å². The molecule has 8 nitrogen and oxygen atoms in total. The van der Waals surface area contributed by atoms with E-state index >= 15 is 0 Å². The Morgan fingerprint density at radius 3 is 1.82 bits per heavy atom. The van der Waals surface area contributed by atoms with Crippen LogP contribution in [0.2, 0.25) is 0 Å². The number of hydrogen-bond donors (Lipinski definition) is 0. The summed E-state index contributed by atoms with van der Waals surface area (Å²) in [6, 6.07) is 36.0. The summed E-state index contributed by atoms with van der Waals surface area (Å²) in [5.41, 5.74) is 4.34. The molecule has 4 aromatic carbocycles. The van der Waals surface area contributed by atoms with Gasteiger partial charge < -0.3 is 19.3 Å². The number of nitrogens with zero attached hydrogens (tertiary/aromatic N) is 8. The Labute approximate surface area is 293 Å². The summed E-state index contributed by atoms with van der Waals surface area (Å²) in [6.07, 6.45) is 16.5. The maximum Gasteiger partial charge on any atom is 0.267 e. The first-order chi connectivity index (χ1) is 23.5. The van der Waals surface area contributed by atoms with E-state index in [1.165, 1.54) is 42.5 Å². The molecule has 49 heavy (non-hydrogen) atoms. The third-order valence-corrected chi connectivity index (χ3v) is 6.60. The summed E-state index contributed by atoms with van der Waals surface area (Å²) >= 11 is 0. The molecule has 4 heterocycles. The zero-order chi connectivity index (χ0) is 33.1. The molecule has 0 N–H and O–H groups in total. The van der Waals surface area contributed by atoms with E-state index in [-0.39, 0.29) is 37.6 Å². The first-order valence-corrected chi connectivity index (χ1v) is 14.5. The molecule has 0 saturated carbocycles. The Morgan fingerprint density at radius 1 is 0.633 bits per heavy atom. The molecule has 8 rings (SSSR count). The zero-order valence-electron chi connectivity index (χ0n) is 25.4. The van der Waals surface area contributed by atoms with Crippen molar-refractivity contribution in [2.24, 2.45) is 0 Å². The Bertz CT molecular complexity index is 2130. The van der Waals surface area contributed by atoms with Crippen LogP contribution in [0.25, 0.3) is 34.1 Å². The third kappa shape index (κ3) is 9.31. The standard InChI is InChI=1S/C15H9F2N2.C15H10FN2.C7H5N4.Ir/c16-12-3-1-5-14(9-12)18-7-8-19(11-18)15-6-2-4-13(17)10-15;16-13-5-4-8-15(11-13)18-10-9-17(12-18)14-6-2-1-3-7-14;1-2-4-8-6(3-1)7-5-9-11-10-7;/h1-5,7-10H;1-6,8-11H;1-5H;/q3*-1;. The molecule has 0 saturated heterocycles. The van der Waals surface area contributed by atoms with Gasteiger partial charge in [-0.1, -0.05) is 24.4 Å². The van der Waals surface area contributed by atoms with Crippen LogP contribution in [0, 0.1) is 42.2 Å². The molecular weight excluding hydrogens is 806 g/mol. The predicted octanol–water partition coefficient (Wildman–Crippen LogP) is 5.62. The molecule has 0 aliphatic carbocycles. The summed E-state index contributed by atoms with van der Waals surface area (Å²) in [6.45, 7) is 0. The molecule has 0 aliphatic heterocycles. The van der Waals surface area contributed by atoms with E-state index < -0.39 is 0 Å². The van der Waals surface area contributed by atoms with Gasteiger partial charge in [-0.25, -0.2) is 13.2 Å². The number of benzene rings is 4. The molecule has 0 amide bonds. The molecule has 1 radical (unpaired) electrons. The third-order valence-electron chi connectivity index (χ3n) is 6.60. The molecule has 0 aliphatic rings. The minimum Gasteiger partial charge on any atom is -0.358 e. The van der Waals surface area contributed by atoms with Gasteiger partial charge in [-0.3, -0.25) is 19.3 Å². The monoisotopic (exact) mass is 830 g/mol. The maximum atomic E-state index is 13.1. The molecule has 0 bridgehead atoms. The van der Waals surface area contributed by atoms with Crippen molar-refractivity contribution < 1.29 is 42.4 Å². The number of hydrogen-bond acceptors (Lipinski definition) is 3. The first kappa shape index (κ1) is 34.4. The average Bonchev–Trinajstić information content (AvgIpc) is 3.93. The van der Waals surface area contributed by atoms with Crippen molar-refractivity contribution in [1.82, 2.24) is 29.5 Å². The quantitative estimate of drug-likeness (QED) is 0.167. The maximum absolute atomic E-state index is 13.1. The van der Waals surface area contributed by atoms with E-state index in [0.29, 0.717) is 17.1 Å². The van der Waals surface area contributed by atoms with Gasteiger partial charge in [-0.2, -0.15) is 42.5 Å². The fraction of sp³-hybridized carbons (Fsp3) is 0. The van der Waals surface area contributed by atoms with Crippen LogP contribution in [0.3, 0.4) is 0 Å². The zero-order valence-corrected chi connectivity index (χ0v) is 27.8. The Morgan fingerprint density at radius 2 is 1.27 bits per heavy atom. The van der Waals surface area contributed by atoms with Crippen LogP contribution < -0.4 is 14.2 Å². The second-order valence-corrected chi connectivity index (χ2v) is 9.91. The summed E-state index contributed by atoms with van der Waals surface area (Å²) in [5.74, 6) is -0.913. The smallest absolute Gasteiger partial charge is 0.267 e. The van der Waals surface area contributed by atoms with Crippen molar-refractivity contribution >= 4 is 0 Å². The van der Waals surface area contributed by atoms with Gasteiger partial charge in [0.1, 0.15) is 11.6 Å². The molecule has 245 valence electrons. The van der Waals surface area contributed by atoms with Crippen molar-refractivity contribution in [3.8, 4) is 34.1 Å². The van der Waals surface area contributed by atoms with Crippen LogP contribution >= 0.6 is 0 Å². The molecule has 8 aromatic rings. The van der Waals surface area contributed by atoms with E-state index in [1.807, 2.05) is 65.5 Å². The molecule has 0 unspecified atom stereocenters. The van der Waals surface area contributed by atoms with Crippen molar-refractivity contribution in [1.29, 1.82) is 0 Å². The van der Waals surface area contributed by atoms with Crippen LogP contribution in [-0.2, 0) is 20.1 Å². The Hall–Kier alpha value is -5.97. The van der Waals surface area contributed by atoms with Crippen LogP contribution in [0.5, 0.6) is 0 Å². The van der Waals surface area contributed by atoms with Crippen molar-refractivity contribution in [3.63, 3.8) is 0 Å². The minimum absolute atomic E-state index is 0. The first-order valence-electron chi connectivity index (χ1n) is 14.5. The van der Waals surface area contributed by atoms with Crippen molar-refractivity contribution in [3.05, 3.63) is 189 Å². The normalized spacial score (nSPS) is 10.2. The van der Waals surface area contributed by atoms with Crippen LogP contribution in [0.4, 0.5) is 13.2 Å². The molecule has 4 aromatic heterocycles. The van der Waals surface area contributed by atoms with Gasteiger partial charge >= 0.3 is 0 Å². The van der Waals surface area contributed by atoms with E-state index in [2.05, 4.69) is 45.2 Å². The largest absolute Gasteiger partial charge is 0.358 e. The number of rotatable bonds is 5. The molecule has 0 spiro atoms. The number of aromatic nitrogens is 8. The summed E-state index contributed by atoms with van der Waals surface area (Å²) in [4.78, 5) is 4.08. The second kappa shape index (κ2) is 16.7. The molecule has 12 heteroatoms. The van der Waals surface area contributed by atoms with Gasteiger partial charge in [0.2, 0.25) is 0 Å². The molecule has 0 fully saturated rings. The molecule has 0 atom stereocenters. The van der Waals surface area contributed by atoms with Crippen LogP contribution in [0.15, 0.2) is 146 Å². The van der Waals surface area contributed by atoms with E-state index in [1.54, 1.807) is 56.7 Å². The van der Waals surface area contributed by atoms with Crippen molar-refractivity contribution in [2.75, 3.05) is 0 Å². The number of pyridine rings is 1. The van der Waals surface area contributed by atoms with Gasteiger partial charge in [0.15, 0.2) is 0 Å². The summed E-state index contributed by atoms with van der Waals surface area (Å²) in [7, 11) is 0. The van der Waals surface area contributed by atoms with E-state index in [0.717, 1.165) is 17.1 Å². The van der Waals surface area contributed by atoms with Crippen LogP contribution in [0.1, 0.15) is 0 Å². The van der Waals surface area contributed by atoms with Gasteiger partial charge in [0, 0.05) is 56.9 Å². The fourth-order valence-electron chi connectivity index (χ4n) is 4.35. The van der Waals surface area contributed by atoms with Crippen molar-refractivity contribution in [2.45, 2.75) is 0 Å². The Balaban J connectivity index is 0.000000147. The number of para-hydroxylation sites is 1. The fourth-order valence-corrected chi connectivity index (χ4v) is 4.35. The Kier molecular flexibility index (Phi) is 11.7. The number of halogens is 3. The van der Waals surface area contributed by atoms with E-state index in [4.69, 9.17) is 0 Å². The van der Waals surface area contributed by atoms with E-state index in [9.17, 15) is 13.2 Å². The minimum atomic E-state index is -0.340. The average molecular weight is 830 g/mol. The SMILES string of the molecule is Fc1cc[c-]c(-n2[c-][n+](-c3cccc(F)c3)cc2)c1.Fc1cccc(-[n+]2[c-]n(-c3[c-]cccc3)cc2)c1.[Ir].c1ccc(-c2cnn[n-]2)nc1. The van der Waals surface area contributed by atoms with Gasteiger partial charge in [-0.05, 0) is 65.6 Å². The summed E-state index contributed by atoms with van der Waals surface area (Å²) < 4.78 is 46.2. The second-order valence-electron chi connectivity index (χ2n) is 9.91. The predicted molar refractivity (Wildman–Crippen MR) is 168 cm³/mol. The number of imidazole rings is 2. The van der Waals surface area contributed by atoms with Gasteiger partial charge in [0.25, 0.3) is 12.7 Å². The molecular formula is C37H24F3IrN8-3. The van der Waals surface area contributed by atoms with Crippen LogP contribution in [-0.4, -0.2) is 24.4 Å². The summed E-state index contributed by atoms with van der Waals surface area (Å²) in [5, 5.41) is 10.8. The topological polar surface area (TPSA) is 70.4 Å². The van der Waals surface area contributed by atoms with Gasteiger partial charge in [-0.15, -0.1) is 12.1 Å².